The predicted octanol–water partition coefficient (Wildman–Crippen LogP) is 2.92. The van der Waals surface area contributed by atoms with E-state index in [1.165, 1.54) is 0 Å². The van der Waals surface area contributed by atoms with Gasteiger partial charge in [0.15, 0.2) is 0 Å². The van der Waals surface area contributed by atoms with Gasteiger partial charge in [-0.1, -0.05) is 42.5 Å². The predicted molar refractivity (Wildman–Crippen MR) is 135 cm³/mol. The van der Waals surface area contributed by atoms with Crippen molar-refractivity contribution in [2.75, 3.05) is 36.4 Å². The van der Waals surface area contributed by atoms with Gasteiger partial charge in [0.2, 0.25) is 12.3 Å². The summed E-state index contributed by atoms with van der Waals surface area (Å²) in [6.45, 7) is 3.24. The van der Waals surface area contributed by atoms with Crippen LogP contribution in [0.15, 0.2) is 54.6 Å². The van der Waals surface area contributed by atoms with Crippen molar-refractivity contribution >= 4 is 47.2 Å². The summed E-state index contributed by atoms with van der Waals surface area (Å²) in [5, 5.41) is 5.30. The second kappa shape index (κ2) is 15.2. The third-order valence-corrected chi connectivity index (χ3v) is 5.54. The Labute approximate surface area is 210 Å². The molecule has 2 amide bonds. The lowest BCUT2D eigenvalue weighted by molar-refractivity contribution is -0.147. The van der Waals surface area contributed by atoms with E-state index >= 15 is 0 Å². The first-order chi connectivity index (χ1) is 16.5. The smallest absolute Gasteiger partial charge is 0.328 e. The average molecular weight is 508 g/mol. The number of amides is 2. The number of anilines is 1. The second-order valence-electron chi connectivity index (χ2n) is 7.58. The summed E-state index contributed by atoms with van der Waals surface area (Å²) in [4.78, 5) is 38.7. The number of carbonyl (C=O) groups excluding carboxylic acids is 3. The fourth-order valence-corrected chi connectivity index (χ4v) is 3.93. The maximum absolute atomic E-state index is 13.0. The largest absolute Gasteiger partial charge is 0.464 e. The molecule has 0 unspecified atom stereocenters. The summed E-state index contributed by atoms with van der Waals surface area (Å²) in [6.07, 6.45) is 1.03. The van der Waals surface area contributed by atoms with Crippen molar-refractivity contribution in [3.05, 3.63) is 65.7 Å². The van der Waals surface area contributed by atoms with Crippen LogP contribution in [0, 0.1) is 0 Å². The first-order valence-corrected chi connectivity index (χ1v) is 12.3. The van der Waals surface area contributed by atoms with Crippen molar-refractivity contribution in [2.24, 2.45) is 0 Å². The van der Waals surface area contributed by atoms with E-state index in [-0.39, 0.29) is 13.0 Å². The van der Waals surface area contributed by atoms with Crippen LogP contribution in [0.4, 0.5) is 5.69 Å². The van der Waals surface area contributed by atoms with Gasteiger partial charge in [-0.2, -0.15) is 0 Å². The first-order valence-electron chi connectivity index (χ1n) is 11.2. The number of alkyl halides is 2. The van der Waals surface area contributed by atoms with Gasteiger partial charge in [-0.25, -0.2) is 4.79 Å². The van der Waals surface area contributed by atoms with Gasteiger partial charge in [0.05, 0.1) is 6.61 Å². The number of esters is 1. The molecule has 0 fully saturated rings. The highest BCUT2D eigenvalue weighted by Crippen LogP contribution is 2.17. The van der Waals surface area contributed by atoms with Crippen LogP contribution in [0.2, 0.25) is 0 Å². The molecule has 184 valence electrons. The normalized spacial score (nSPS) is 12.3. The number of halogens is 2. The Kier molecular flexibility index (Phi) is 12.3. The molecule has 2 atom stereocenters. The fraction of sp³-hybridized carbons (Fsp3) is 0.400. The average Bonchev–Trinajstić information content (AvgIpc) is 2.84. The van der Waals surface area contributed by atoms with Crippen LogP contribution < -0.4 is 15.5 Å². The van der Waals surface area contributed by atoms with E-state index in [1.54, 1.807) is 6.92 Å². The fourth-order valence-electron chi connectivity index (χ4n) is 3.52. The van der Waals surface area contributed by atoms with Gasteiger partial charge in [-0.15, -0.1) is 23.2 Å². The van der Waals surface area contributed by atoms with Crippen molar-refractivity contribution in [2.45, 2.75) is 31.8 Å². The minimum atomic E-state index is -0.896. The molecular weight excluding hydrogens is 477 g/mol. The summed E-state index contributed by atoms with van der Waals surface area (Å²) in [5.74, 6) is -0.0280. The molecule has 0 aliphatic carbocycles. The van der Waals surface area contributed by atoms with Crippen LogP contribution in [0.5, 0.6) is 0 Å². The van der Waals surface area contributed by atoms with Gasteiger partial charge in [0.25, 0.3) is 0 Å². The number of hydrogen-bond donors (Lipinski definition) is 2. The van der Waals surface area contributed by atoms with Crippen molar-refractivity contribution in [1.82, 2.24) is 10.6 Å². The van der Waals surface area contributed by atoms with Crippen molar-refractivity contribution in [3.63, 3.8) is 0 Å². The van der Waals surface area contributed by atoms with Gasteiger partial charge in [-0.05, 0) is 30.2 Å². The molecule has 2 aromatic carbocycles. The Morgan fingerprint density at radius 2 is 1.53 bits per heavy atom. The lowest BCUT2D eigenvalue weighted by Crippen LogP contribution is -2.52. The molecule has 0 aromatic heterocycles. The molecule has 2 N–H and O–H groups in total. The third kappa shape index (κ3) is 8.88. The molecule has 0 saturated heterocycles. The second-order valence-corrected chi connectivity index (χ2v) is 8.33. The van der Waals surface area contributed by atoms with Crippen molar-refractivity contribution in [3.8, 4) is 0 Å². The monoisotopic (exact) mass is 507 g/mol. The Hall–Kier alpha value is -2.77. The number of ether oxygens (including phenoxy) is 1. The van der Waals surface area contributed by atoms with Crippen LogP contribution in [0.3, 0.4) is 0 Å². The zero-order chi connectivity index (χ0) is 24.8. The molecular formula is C25H31Cl2N3O4. The van der Waals surface area contributed by atoms with E-state index in [0.717, 1.165) is 16.8 Å². The molecule has 0 heterocycles. The van der Waals surface area contributed by atoms with Crippen molar-refractivity contribution in [1.29, 1.82) is 0 Å². The van der Waals surface area contributed by atoms with E-state index in [0.29, 0.717) is 37.7 Å². The quantitative estimate of drug-likeness (QED) is 0.220. The Morgan fingerprint density at radius 1 is 0.941 bits per heavy atom. The zero-order valence-electron chi connectivity index (χ0n) is 19.2. The van der Waals surface area contributed by atoms with Crippen molar-refractivity contribution < 1.29 is 19.1 Å². The Morgan fingerprint density at radius 3 is 2.09 bits per heavy atom. The molecule has 0 bridgehead atoms. The summed E-state index contributed by atoms with van der Waals surface area (Å²) in [7, 11) is 0. The third-order valence-electron chi connectivity index (χ3n) is 5.21. The highest BCUT2D eigenvalue weighted by atomic mass is 35.5. The van der Waals surface area contributed by atoms with Gasteiger partial charge in [0.1, 0.15) is 12.1 Å². The highest BCUT2D eigenvalue weighted by molar-refractivity contribution is 6.18. The van der Waals surface area contributed by atoms with Gasteiger partial charge in [0, 0.05) is 43.4 Å². The summed E-state index contributed by atoms with van der Waals surface area (Å²) >= 11 is 11.8. The first kappa shape index (κ1) is 27.5. The van der Waals surface area contributed by atoms with Crippen LogP contribution in [-0.2, 0) is 32.0 Å². The molecule has 9 heteroatoms. The summed E-state index contributed by atoms with van der Waals surface area (Å²) in [6, 6.07) is 15.3. The van der Waals surface area contributed by atoms with E-state index < -0.39 is 24.0 Å². The SMILES string of the molecule is CCOC(=O)[C@H](Cc1ccc(N(CCCl)CCCl)cc1)NC(=O)[C@@H](Cc1ccccc1)NC=O. The van der Waals surface area contributed by atoms with Gasteiger partial charge < -0.3 is 20.3 Å². The van der Waals surface area contributed by atoms with Crippen LogP contribution in [-0.4, -0.2) is 61.8 Å². The number of nitrogens with one attached hydrogen (secondary N) is 2. The van der Waals surface area contributed by atoms with Gasteiger partial charge in [-0.3, -0.25) is 9.59 Å². The van der Waals surface area contributed by atoms with E-state index in [1.807, 2.05) is 54.6 Å². The lowest BCUT2D eigenvalue weighted by atomic mass is 10.0. The Bertz CT molecular complexity index is 891. The molecule has 2 aromatic rings. The highest BCUT2D eigenvalue weighted by Gasteiger charge is 2.27. The van der Waals surface area contributed by atoms with Gasteiger partial charge >= 0.3 is 5.97 Å². The van der Waals surface area contributed by atoms with E-state index in [2.05, 4.69) is 15.5 Å². The van der Waals surface area contributed by atoms with Crippen LogP contribution in [0.25, 0.3) is 0 Å². The molecule has 0 radical (unpaired) electrons. The zero-order valence-corrected chi connectivity index (χ0v) is 20.7. The summed E-state index contributed by atoms with van der Waals surface area (Å²) in [5.41, 5.74) is 2.71. The summed E-state index contributed by atoms with van der Waals surface area (Å²) < 4.78 is 5.18. The molecule has 0 aliphatic heterocycles. The molecule has 34 heavy (non-hydrogen) atoms. The number of hydrogen-bond acceptors (Lipinski definition) is 5. The number of nitrogens with zero attached hydrogens (tertiary/aromatic N) is 1. The van der Waals surface area contributed by atoms with Crippen LogP contribution in [0.1, 0.15) is 18.1 Å². The molecule has 0 aliphatic rings. The molecule has 0 saturated carbocycles. The molecule has 7 nitrogen and oxygen atoms in total. The maximum atomic E-state index is 13.0. The lowest BCUT2D eigenvalue weighted by Gasteiger charge is -2.24. The topological polar surface area (TPSA) is 87.7 Å². The minimum absolute atomic E-state index is 0.190. The molecule has 2 rings (SSSR count). The molecule has 0 spiro atoms. The Balaban J connectivity index is 2.14. The van der Waals surface area contributed by atoms with E-state index in [9.17, 15) is 14.4 Å². The standard InChI is InChI=1S/C25H31Cl2N3O4/c1-2-34-25(33)23(17-20-8-10-21(11-9-20)30(14-12-26)15-13-27)29-24(32)22(28-18-31)16-19-6-4-3-5-7-19/h3-11,18,22-23H,2,12-17H2,1H3,(H,28,31)(H,29,32)/t22-,23+/m1/s1. The number of benzene rings is 2. The van der Waals surface area contributed by atoms with Crippen LogP contribution >= 0.6 is 23.2 Å². The minimum Gasteiger partial charge on any atom is -0.464 e. The van der Waals surface area contributed by atoms with E-state index in [4.69, 9.17) is 27.9 Å². The maximum Gasteiger partial charge on any atom is 0.328 e. The number of rotatable bonds is 15. The number of carbonyl (C=O) groups is 3.